The number of fused-ring (bicyclic) bond motifs is 1. The molecule has 7 rings (SSSR count). The second-order valence-corrected chi connectivity index (χ2v) is 9.61. The van der Waals surface area contributed by atoms with Gasteiger partial charge in [0.15, 0.2) is 0 Å². The van der Waals surface area contributed by atoms with Gasteiger partial charge in [0.1, 0.15) is 0 Å². The summed E-state index contributed by atoms with van der Waals surface area (Å²) in [6.45, 7) is 3.27. The second kappa shape index (κ2) is 6.80. The Morgan fingerprint density at radius 2 is 1.57 bits per heavy atom. The van der Waals surface area contributed by atoms with E-state index in [0.717, 1.165) is 19.6 Å². The molecular weight excluding hydrogens is 366 g/mol. The zero-order chi connectivity index (χ0) is 20.2. The van der Waals surface area contributed by atoms with Gasteiger partial charge in [0.2, 0.25) is 0 Å². The molecule has 0 aromatic heterocycles. The minimum absolute atomic E-state index is 0.000765. The molecule has 0 spiro atoms. The third-order valence-corrected chi connectivity index (χ3v) is 8.42. The van der Waals surface area contributed by atoms with Gasteiger partial charge < -0.3 is 5.11 Å². The predicted molar refractivity (Wildman–Crippen MR) is 120 cm³/mol. The average molecular weight is 396 g/mol. The lowest BCUT2D eigenvalue weighted by molar-refractivity contribution is -0.0142. The molecule has 3 aromatic rings. The first-order chi connectivity index (χ1) is 14.8. The van der Waals surface area contributed by atoms with E-state index < -0.39 is 0 Å². The van der Waals surface area contributed by atoms with E-state index in [1.165, 1.54) is 35.1 Å². The van der Waals surface area contributed by atoms with Crippen LogP contribution in [0.4, 0.5) is 0 Å². The number of aliphatic hydroxyl groups excluding tert-OH is 1. The minimum Gasteiger partial charge on any atom is -0.396 e. The number of aliphatic hydroxyl groups is 1. The third kappa shape index (κ3) is 2.38. The van der Waals surface area contributed by atoms with Crippen LogP contribution < -0.4 is 0 Å². The van der Waals surface area contributed by atoms with E-state index in [1.54, 1.807) is 0 Å². The molecule has 2 fully saturated rings. The van der Waals surface area contributed by atoms with Gasteiger partial charge in [0, 0.05) is 30.5 Å². The van der Waals surface area contributed by atoms with Crippen LogP contribution in [0.25, 0.3) is 0 Å². The van der Waals surface area contributed by atoms with Gasteiger partial charge in [0.25, 0.3) is 0 Å². The van der Waals surface area contributed by atoms with E-state index in [2.05, 4.69) is 89.8 Å². The zero-order valence-electron chi connectivity index (χ0n) is 17.4. The third-order valence-electron chi connectivity index (χ3n) is 8.42. The highest BCUT2D eigenvalue weighted by molar-refractivity contribution is 5.53. The summed E-state index contributed by atoms with van der Waals surface area (Å²) in [7, 11) is 0. The van der Waals surface area contributed by atoms with Crippen molar-refractivity contribution < 1.29 is 5.11 Å². The quantitative estimate of drug-likeness (QED) is 0.674. The van der Waals surface area contributed by atoms with E-state index >= 15 is 0 Å². The van der Waals surface area contributed by atoms with E-state index in [0.29, 0.717) is 11.8 Å². The summed E-state index contributed by atoms with van der Waals surface area (Å²) in [5.41, 5.74) is 5.74. The fraction of sp³-hybridized carbons (Fsp3) is 0.357. The lowest BCUT2D eigenvalue weighted by Crippen LogP contribution is -2.58. The fourth-order valence-corrected chi connectivity index (χ4v) is 7.33. The largest absolute Gasteiger partial charge is 0.396 e. The fourth-order valence-electron chi connectivity index (χ4n) is 7.33. The Morgan fingerprint density at radius 1 is 0.867 bits per heavy atom. The zero-order valence-corrected chi connectivity index (χ0v) is 17.4. The maximum absolute atomic E-state index is 10.9. The number of benzene rings is 3. The summed E-state index contributed by atoms with van der Waals surface area (Å²) < 4.78 is 0. The Hall–Kier alpha value is -2.42. The van der Waals surface area contributed by atoms with Crippen LogP contribution in [0.2, 0.25) is 0 Å². The molecule has 2 nitrogen and oxygen atoms in total. The minimum atomic E-state index is -0.0583. The highest BCUT2D eigenvalue weighted by atomic mass is 16.3. The van der Waals surface area contributed by atoms with Crippen LogP contribution in [0.5, 0.6) is 0 Å². The highest BCUT2D eigenvalue weighted by Gasteiger charge is 2.66. The molecule has 1 saturated carbocycles. The number of hydrogen-bond acceptors (Lipinski definition) is 2. The summed E-state index contributed by atoms with van der Waals surface area (Å²) in [5.74, 6) is 0.893. The van der Waals surface area contributed by atoms with Crippen molar-refractivity contribution in [3.05, 3.63) is 107 Å². The van der Waals surface area contributed by atoms with Crippen LogP contribution in [0, 0.1) is 11.3 Å². The molecule has 0 radical (unpaired) electrons. The number of rotatable bonds is 4. The summed E-state index contributed by atoms with van der Waals surface area (Å²) in [5, 5.41) is 10.9. The van der Waals surface area contributed by atoms with E-state index in [4.69, 9.17) is 0 Å². The summed E-state index contributed by atoms with van der Waals surface area (Å²) in [6, 6.07) is 31.0. The van der Waals surface area contributed by atoms with Crippen LogP contribution in [0.3, 0.4) is 0 Å². The molecule has 4 aliphatic rings. The topological polar surface area (TPSA) is 23.5 Å². The Bertz CT molecular complexity index is 1050. The van der Waals surface area contributed by atoms with E-state index in [1.807, 2.05) is 0 Å². The van der Waals surface area contributed by atoms with Crippen molar-refractivity contribution in [3.63, 3.8) is 0 Å². The van der Waals surface area contributed by atoms with Crippen LogP contribution in [0.15, 0.2) is 84.9 Å². The van der Waals surface area contributed by atoms with Crippen molar-refractivity contribution in [1.82, 2.24) is 4.90 Å². The smallest absolute Gasteiger partial charge is 0.0509 e. The molecule has 1 heterocycles. The molecule has 2 bridgehead atoms. The Kier molecular flexibility index (Phi) is 4.16. The van der Waals surface area contributed by atoms with Gasteiger partial charge in [-0.3, -0.25) is 4.90 Å². The summed E-state index contributed by atoms with van der Waals surface area (Å²) >= 11 is 0. The van der Waals surface area contributed by atoms with Crippen molar-refractivity contribution in [3.8, 4) is 0 Å². The lowest BCUT2D eigenvalue weighted by Gasteiger charge is -2.60. The Labute approximate surface area is 179 Å². The van der Waals surface area contributed by atoms with Gasteiger partial charge in [0.05, 0.1) is 6.61 Å². The molecule has 4 unspecified atom stereocenters. The Morgan fingerprint density at radius 3 is 2.33 bits per heavy atom. The molecule has 152 valence electrons. The summed E-state index contributed by atoms with van der Waals surface area (Å²) in [4.78, 5) is 2.61. The maximum atomic E-state index is 10.9. The van der Waals surface area contributed by atoms with Crippen molar-refractivity contribution in [2.75, 3.05) is 19.7 Å². The molecule has 1 aliphatic heterocycles. The molecule has 3 aliphatic carbocycles. The Balaban J connectivity index is 1.51. The van der Waals surface area contributed by atoms with Gasteiger partial charge in [-0.25, -0.2) is 0 Å². The molecule has 0 amide bonds. The second-order valence-electron chi connectivity index (χ2n) is 9.61. The van der Waals surface area contributed by atoms with Crippen LogP contribution in [-0.4, -0.2) is 29.7 Å². The summed E-state index contributed by atoms with van der Waals surface area (Å²) in [6.07, 6.45) is 2.35. The van der Waals surface area contributed by atoms with Crippen molar-refractivity contribution >= 4 is 0 Å². The van der Waals surface area contributed by atoms with Gasteiger partial charge in [-0.1, -0.05) is 84.9 Å². The van der Waals surface area contributed by atoms with E-state index in [9.17, 15) is 5.11 Å². The average Bonchev–Trinajstić information content (AvgIpc) is 3.21. The normalized spacial score (nSPS) is 32.0. The van der Waals surface area contributed by atoms with Gasteiger partial charge >= 0.3 is 0 Å². The molecule has 30 heavy (non-hydrogen) atoms. The maximum Gasteiger partial charge on any atom is 0.0509 e. The first kappa shape index (κ1) is 18.4. The van der Waals surface area contributed by atoms with Gasteiger partial charge in [-0.15, -0.1) is 0 Å². The first-order valence-corrected chi connectivity index (χ1v) is 11.3. The highest BCUT2D eigenvalue weighted by Crippen LogP contribution is 2.68. The molecule has 4 atom stereocenters. The number of likely N-dealkylation sites (tertiary alicyclic amines) is 1. The molecule has 3 aromatic carbocycles. The SMILES string of the molecule is OCC12CN(Cc3ccccc3)CC1C1(c3ccccc3)CCC2c2ccccc21. The molecule has 1 saturated heterocycles. The monoisotopic (exact) mass is 395 g/mol. The molecule has 1 N–H and O–H groups in total. The number of hydrogen-bond donors (Lipinski definition) is 1. The van der Waals surface area contributed by atoms with E-state index in [-0.39, 0.29) is 17.4 Å². The standard InChI is InChI=1S/C28H29NO/c30-20-27-19-29(17-21-9-3-1-4-10-21)18-26(27)28(22-11-5-2-6-12-22)16-15-24(27)23-13-7-8-14-25(23)28/h1-14,24,26,30H,15-20H2. The van der Waals surface area contributed by atoms with Crippen molar-refractivity contribution in [2.45, 2.75) is 30.7 Å². The molecule has 2 heteroatoms. The van der Waals surface area contributed by atoms with Crippen molar-refractivity contribution in [2.24, 2.45) is 11.3 Å². The van der Waals surface area contributed by atoms with Gasteiger partial charge in [-0.05, 0) is 46.9 Å². The number of nitrogens with zero attached hydrogens (tertiary/aromatic N) is 1. The van der Waals surface area contributed by atoms with Crippen LogP contribution >= 0.6 is 0 Å². The molecular formula is C28H29NO. The van der Waals surface area contributed by atoms with Crippen LogP contribution in [0.1, 0.15) is 41.0 Å². The lowest BCUT2D eigenvalue weighted by atomic mass is 9.42. The van der Waals surface area contributed by atoms with Crippen molar-refractivity contribution in [1.29, 1.82) is 0 Å². The predicted octanol–water partition coefficient (Wildman–Crippen LogP) is 4.97. The first-order valence-electron chi connectivity index (χ1n) is 11.3. The van der Waals surface area contributed by atoms with Gasteiger partial charge in [-0.2, -0.15) is 0 Å². The van der Waals surface area contributed by atoms with Crippen LogP contribution in [-0.2, 0) is 12.0 Å².